The van der Waals surface area contributed by atoms with Gasteiger partial charge in [0.1, 0.15) is 0 Å². The number of halogens is 3. The third kappa shape index (κ3) is 4.07. The zero-order valence-corrected chi connectivity index (χ0v) is 14.0. The number of rotatable bonds is 5. The molecule has 0 radical (unpaired) electrons. The lowest BCUT2D eigenvalue weighted by molar-refractivity contribution is -0.143. The summed E-state index contributed by atoms with van der Waals surface area (Å²) in [4.78, 5) is 25.3. The Balaban J connectivity index is 1.84. The van der Waals surface area contributed by atoms with Gasteiger partial charge in [-0.05, 0) is 24.6 Å². The van der Waals surface area contributed by atoms with Crippen molar-refractivity contribution in [2.45, 2.75) is 19.5 Å². The van der Waals surface area contributed by atoms with Crippen molar-refractivity contribution in [3.8, 4) is 5.69 Å². The van der Waals surface area contributed by atoms with Crippen LogP contribution in [0, 0.1) is 6.92 Å². The lowest BCUT2D eigenvalue weighted by Gasteiger charge is -2.13. The molecule has 3 aromatic rings. The molecule has 1 amide bonds. The Morgan fingerprint density at radius 2 is 2.15 bits per heavy atom. The summed E-state index contributed by atoms with van der Waals surface area (Å²) in [5.41, 5.74) is -0.816. The first-order chi connectivity index (χ1) is 12.8. The van der Waals surface area contributed by atoms with E-state index in [9.17, 15) is 22.8 Å². The summed E-state index contributed by atoms with van der Waals surface area (Å²) in [5.74, 6) is -1.52. The zero-order chi connectivity index (χ0) is 19.6. The second kappa shape index (κ2) is 7.09. The zero-order valence-electron chi connectivity index (χ0n) is 14.0. The van der Waals surface area contributed by atoms with Crippen molar-refractivity contribution >= 4 is 5.91 Å². The summed E-state index contributed by atoms with van der Waals surface area (Å²) in [5, 5.41) is 9.50. The van der Waals surface area contributed by atoms with Crippen LogP contribution in [0.4, 0.5) is 13.2 Å². The Kier molecular flexibility index (Phi) is 4.84. The van der Waals surface area contributed by atoms with Crippen molar-refractivity contribution in [2.75, 3.05) is 6.54 Å². The van der Waals surface area contributed by atoms with E-state index >= 15 is 0 Å². The molecule has 0 saturated carbocycles. The number of carbonyl (C=O) groups excluding carboxylic acids is 1. The van der Waals surface area contributed by atoms with E-state index in [1.807, 2.05) is 0 Å². The average molecular weight is 381 g/mol. The van der Waals surface area contributed by atoms with E-state index in [2.05, 4.69) is 25.1 Å². The van der Waals surface area contributed by atoms with E-state index in [1.165, 1.54) is 12.1 Å². The first kappa shape index (κ1) is 18.4. The lowest BCUT2D eigenvalue weighted by Crippen LogP contribution is -2.28. The summed E-state index contributed by atoms with van der Waals surface area (Å²) < 4.78 is 45.7. The van der Waals surface area contributed by atoms with Crippen LogP contribution in [0.3, 0.4) is 0 Å². The van der Waals surface area contributed by atoms with Gasteiger partial charge in [0.15, 0.2) is 11.5 Å². The fourth-order valence-corrected chi connectivity index (χ4v) is 2.50. The highest BCUT2D eigenvalue weighted by Crippen LogP contribution is 2.33. The average Bonchev–Trinajstić information content (AvgIpc) is 3.21. The van der Waals surface area contributed by atoms with Gasteiger partial charge in [0.05, 0.1) is 17.4 Å². The number of nitrogens with one attached hydrogen (secondary N) is 2. The third-order valence-corrected chi connectivity index (χ3v) is 3.66. The fraction of sp³-hybridized carbons (Fsp3) is 0.250. The molecule has 1 aromatic carbocycles. The molecule has 0 unspecified atom stereocenters. The monoisotopic (exact) mass is 381 g/mol. The molecule has 2 aromatic heterocycles. The van der Waals surface area contributed by atoms with Gasteiger partial charge in [-0.3, -0.25) is 14.3 Å². The predicted octanol–water partition coefficient (Wildman–Crippen LogP) is 1.85. The quantitative estimate of drug-likeness (QED) is 0.702. The maximum Gasteiger partial charge on any atom is 0.438 e. The number of H-pyrrole nitrogens is 1. The van der Waals surface area contributed by atoms with Gasteiger partial charge in [0.2, 0.25) is 0 Å². The van der Waals surface area contributed by atoms with Crippen LogP contribution in [0.15, 0.2) is 39.8 Å². The maximum atomic E-state index is 13.6. The molecule has 0 saturated heterocycles. The van der Waals surface area contributed by atoms with Gasteiger partial charge in [-0.25, -0.2) is 9.48 Å². The number of nitrogens with zero attached hydrogens (tertiary/aromatic N) is 3. The summed E-state index contributed by atoms with van der Waals surface area (Å²) in [6.07, 6.45) is -3.83. The summed E-state index contributed by atoms with van der Waals surface area (Å²) in [7, 11) is 0. The van der Waals surface area contributed by atoms with Gasteiger partial charge in [0.25, 0.3) is 5.91 Å². The first-order valence-electron chi connectivity index (χ1n) is 7.81. The van der Waals surface area contributed by atoms with E-state index < -0.39 is 29.1 Å². The molecule has 8 nitrogen and oxygen atoms in total. The molecule has 3 rings (SSSR count). The SMILES string of the molecule is Cc1cccc(-n2ncc(C(=O)NCCc3noc(=O)[nH]3)c2C(F)(F)F)c1. The normalized spacial score (nSPS) is 11.6. The Labute approximate surface area is 150 Å². The smallest absolute Gasteiger partial charge is 0.351 e. The Morgan fingerprint density at radius 1 is 1.37 bits per heavy atom. The van der Waals surface area contributed by atoms with Crippen LogP contribution < -0.4 is 11.1 Å². The van der Waals surface area contributed by atoms with Crippen LogP contribution in [0.2, 0.25) is 0 Å². The van der Waals surface area contributed by atoms with E-state index in [0.29, 0.717) is 4.68 Å². The predicted molar refractivity (Wildman–Crippen MR) is 86.5 cm³/mol. The third-order valence-electron chi connectivity index (χ3n) is 3.66. The second-order valence-electron chi connectivity index (χ2n) is 5.70. The highest BCUT2D eigenvalue weighted by molar-refractivity contribution is 5.95. The molecular formula is C16H14F3N5O3. The van der Waals surface area contributed by atoms with E-state index in [4.69, 9.17) is 0 Å². The Hall–Kier alpha value is -3.37. The number of hydrogen-bond acceptors (Lipinski definition) is 5. The summed E-state index contributed by atoms with van der Waals surface area (Å²) >= 11 is 0. The number of benzene rings is 1. The number of hydrogen-bond donors (Lipinski definition) is 2. The highest BCUT2D eigenvalue weighted by atomic mass is 19.4. The van der Waals surface area contributed by atoms with Crippen LogP contribution in [0.5, 0.6) is 0 Å². The van der Waals surface area contributed by atoms with Gasteiger partial charge in [-0.2, -0.15) is 18.3 Å². The number of aryl methyl sites for hydroxylation is 1. The molecule has 0 aliphatic carbocycles. The fourth-order valence-electron chi connectivity index (χ4n) is 2.50. The molecule has 0 atom stereocenters. The van der Waals surface area contributed by atoms with E-state index in [1.54, 1.807) is 19.1 Å². The number of aromatic nitrogens is 4. The number of aromatic amines is 1. The maximum absolute atomic E-state index is 13.6. The van der Waals surface area contributed by atoms with Crippen LogP contribution in [0.1, 0.15) is 27.4 Å². The molecule has 142 valence electrons. The molecule has 0 fully saturated rings. The summed E-state index contributed by atoms with van der Waals surface area (Å²) in [6.45, 7) is 1.69. The van der Waals surface area contributed by atoms with Gasteiger partial charge >= 0.3 is 11.9 Å². The molecule has 0 aliphatic heterocycles. The first-order valence-corrected chi connectivity index (χ1v) is 7.81. The largest absolute Gasteiger partial charge is 0.438 e. The molecule has 0 bridgehead atoms. The molecule has 2 heterocycles. The minimum absolute atomic E-state index is 0.0474. The van der Waals surface area contributed by atoms with Crippen LogP contribution >= 0.6 is 0 Å². The van der Waals surface area contributed by atoms with Crippen molar-refractivity contribution in [1.29, 1.82) is 0 Å². The van der Waals surface area contributed by atoms with Crippen LogP contribution in [-0.2, 0) is 12.6 Å². The van der Waals surface area contributed by atoms with Crippen molar-refractivity contribution in [1.82, 2.24) is 25.2 Å². The number of alkyl halides is 3. The molecular weight excluding hydrogens is 367 g/mol. The van der Waals surface area contributed by atoms with Gasteiger partial charge < -0.3 is 5.32 Å². The van der Waals surface area contributed by atoms with Crippen LogP contribution in [0.25, 0.3) is 5.69 Å². The Bertz CT molecular complexity index is 1020. The van der Waals surface area contributed by atoms with E-state index in [-0.39, 0.29) is 24.5 Å². The van der Waals surface area contributed by atoms with Crippen molar-refractivity contribution in [3.63, 3.8) is 0 Å². The molecule has 0 spiro atoms. The summed E-state index contributed by atoms with van der Waals surface area (Å²) in [6, 6.07) is 6.34. The minimum atomic E-state index is -4.79. The number of amides is 1. The lowest BCUT2D eigenvalue weighted by atomic mass is 10.2. The molecule has 27 heavy (non-hydrogen) atoms. The molecule has 11 heteroatoms. The van der Waals surface area contributed by atoms with E-state index in [0.717, 1.165) is 11.8 Å². The topological polar surface area (TPSA) is 106 Å². The van der Waals surface area contributed by atoms with Gasteiger partial charge in [-0.1, -0.05) is 17.3 Å². The molecule has 0 aliphatic rings. The second-order valence-corrected chi connectivity index (χ2v) is 5.70. The van der Waals surface area contributed by atoms with Crippen molar-refractivity contribution in [2.24, 2.45) is 0 Å². The Morgan fingerprint density at radius 3 is 2.78 bits per heavy atom. The highest BCUT2D eigenvalue weighted by Gasteiger charge is 2.40. The van der Waals surface area contributed by atoms with Crippen molar-refractivity contribution < 1.29 is 22.5 Å². The van der Waals surface area contributed by atoms with Crippen molar-refractivity contribution in [3.05, 3.63) is 63.7 Å². The van der Waals surface area contributed by atoms with Gasteiger partial charge in [-0.15, -0.1) is 0 Å². The number of carbonyl (C=O) groups is 1. The molecule has 2 N–H and O–H groups in total. The minimum Gasteiger partial charge on any atom is -0.351 e. The standard InChI is InChI=1S/C16H14F3N5O3/c1-9-3-2-4-10(7-9)24-13(16(17,18)19)11(8-21-24)14(25)20-6-5-12-22-15(26)27-23-12/h2-4,7-8H,5-6H2,1H3,(H,20,25)(H,22,23,26). The van der Waals surface area contributed by atoms with Crippen LogP contribution in [-0.4, -0.2) is 32.4 Å². The van der Waals surface area contributed by atoms with Gasteiger partial charge in [0, 0.05) is 13.0 Å².